The van der Waals surface area contributed by atoms with Gasteiger partial charge < -0.3 is 13.9 Å². The van der Waals surface area contributed by atoms with Crippen molar-refractivity contribution < 1.29 is 28.3 Å². The van der Waals surface area contributed by atoms with Gasteiger partial charge in [-0.3, -0.25) is 14.5 Å². The van der Waals surface area contributed by atoms with Crippen LogP contribution in [0.2, 0.25) is 5.02 Å². The topological polar surface area (TPSA) is 86.0 Å². The Balaban J connectivity index is 1.44. The number of amides is 2. The van der Waals surface area contributed by atoms with E-state index in [9.17, 15) is 14.4 Å². The predicted molar refractivity (Wildman–Crippen MR) is 131 cm³/mol. The third-order valence-corrected chi connectivity index (χ3v) is 6.73. The largest absolute Gasteiger partial charge is 0.488 e. The second-order valence-corrected chi connectivity index (χ2v) is 9.35. The molecule has 0 atom stereocenters. The molecule has 0 radical (unpaired) electrons. The van der Waals surface area contributed by atoms with Gasteiger partial charge in [0.2, 0.25) is 5.76 Å². The molecule has 0 unspecified atom stereocenters. The quantitative estimate of drug-likeness (QED) is 0.247. The van der Waals surface area contributed by atoms with E-state index in [1.807, 2.05) is 18.2 Å². The van der Waals surface area contributed by atoms with Crippen LogP contribution in [0.3, 0.4) is 0 Å². The number of hydrogen-bond donors (Lipinski definition) is 0. The van der Waals surface area contributed by atoms with Gasteiger partial charge in [0.25, 0.3) is 11.1 Å². The Labute approximate surface area is 212 Å². The highest BCUT2D eigenvalue weighted by atomic mass is 79.9. The van der Waals surface area contributed by atoms with Crippen LogP contribution in [0.4, 0.5) is 4.79 Å². The zero-order valence-corrected chi connectivity index (χ0v) is 20.9. The van der Waals surface area contributed by atoms with E-state index >= 15 is 0 Å². The third-order valence-electron chi connectivity index (χ3n) is 4.83. The van der Waals surface area contributed by atoms with Gasteiger partial charge in [-0.1, -0.05) is 35.9 Å². The van der Waals surface area contributed by atoms with Crippen LogP contribution in [0.25, 0.3) is 6.08 Å². The zero-order valence-electron chi connectivity index (χ0n) is 17.7. The molecule has 0 aliphatic carbocycles. The van der Waals surface area contributed by atoms with Crippen molar-refractivity contribution in [3.63, 3.8) is 0 Å². The molecule has 1 aliphatic heterocycles. The van der Waals surface area contributed by atoms with Crippen LogP contribution in [0.15, 0.2) is 68.4 Å². The molecular weight excluding hydrogens is 546 g/mol. The van der Waals surface area contributed by atoms with Crippen LogP contribution < -0.4 is 4.74 Å². The summed E-state index contributed by atoms with van der Waals surface area (Å²) in [6.45, 7) is 0.221. The molecule has 1 fully saturated rings. The first-order chi connectivity index (χ1) is 16.4. The molecule has 1 aliphatic rings. The van der Waals surface area contributed by atoms with Crippen molar-refractivity contribution >= 4 is 62.5 Å². The molecule has 2 amide bonds. The number of methoxy groups -OCH3 is 1. The minimum atomic E-state index is -0.634. The SMILES string of the molecule is COC(=O)c1ccc(CN2C(=O)S/C(=C/c3ccc(OCc4ccccc4Cl)c(Br)c3)C2=O)o1. The second kappa shape index (κ2) is 10.5. The Hall–Kier alpha value is -3.01. The Kier molecular flexibility index (Phi) is 7.45. The fraction of sp³-hybridized carbons (Fsp3) is 0.125. The maximum absolute atomic E-state index is 12.8. The fourth-order valence-corrected chi connectivity index (χ4v) is 4.65. The van der Waals surface area contributed by atoms with E-state index in [-0.39, 0.29) is 17.2 Å². The molecule has 174 valence electrons. The van der Waals surface area contributed by atoms with Crippen LogP contribution in [-0.2, 0) is 22.7 Å². The van der Waals surface area contributed by atoms with Crippen molar-refractivity contribution in [3.8, 4) is 5.75 Å². The van der Waals surface area contributed by atoms with E-state index in [2.05, 4.69) is 20.7 Å². The minimum Gasteiger partial charge on any atom is -0.488 e. The second-order valence-electron chi connectivity index (χ2n) is 7.10. The Morgan fingerprint density at radius 1 is 1.18 bits per heavy atom. The van der Waals surface area contributed by atoms with Crippen molar-refractivity contribution in [1.82, 2.24) is 4.90 Å². The van der Waals surface area contributed by atoms with Crippen molar-refractivity contribution in [1.29, 1.82) is 0 Å². The fourth-order valence-electron chi connectivity index (χ4n) is 3.11. The highest BCUT2D eigenvalue weighted by molar-refractivity contribution is 9.10. The van der Waals surface area contributed by atoms with Gasteiger partial charge in [0.1, 0.15) is 18.1 Å². The molecule has 0 spiro atoms. The van der Waals surface area contributed by atoms with E-state index in [1.165, 1.54) is 19.2 Å². The first-order valence-electron chi connectivity index (χ1n) is 9.94. The number of esters is 1. The van der Waals surface area contributed by atoms with Gasteiger partial charge >= 0.3 is 5.97 Å². The van der Waals surface area contributed by atoms with Crippen LogP contribution in [0.1, 0.15) is 27.4 Å². The summed E-state index contributed by atoms with van der Waals surface area (Å²) in [7, 11) is 1.24. The van der Waals surface area contributed by atoms with Crippen molar-refractivity contribution in [2.75, 3.05) is 7.11 Å². The predicted octanol–water partition coefficient (Wildman–Crippen LogP) is 6.30. The van der Waals surface area contributed by atoms with E-state index < -0.39 is 17.1 Å². The zero-order chi connectivity index (χ0) is 24.2. The van der Waals surface area contributed by atoms with E-state index in [4.69, 9.17) is 20.8 Å². The summed E-state index contributed by atoms with van der Waals surface area (Å²) in [6.07, 6.45) is 1.63. The number of thioether (sulfide) groups is 1. The van der Waals surface area contributed by atoms with Gasteiger partial charge in [-0.15, -0.1) is 0 Å². The number of ether oxygens (including phenoxy) is 2. The smallest absolute Gasteiger partial charge is 0.373 e. The van der Waals surface area contributed by atoms with E-state index in [1.54, 1.807) is 30.3 Å². The molecular formula is C24H17BrClNO6S. The molecule has 34 heavy (non-hydrogen) atoms. The first kappa shape index (κ1) is 24.1. The Morgan fingerprint density at radius 2 is 1.97 bits per heavy atom. The number of nitrogens with zero attached hydrogens (tertiary/aromatic N) is 1. The maximum atomic E-state index is 12.8. The normalized spacial score (nSPS) is 14.7. The van der Waals surface area contributed by atoms with Gasteiger partial charge in [0, 0.05) is 10.6 Å². The third kappa shape index (κ3) is 5.38. The number of carbonyl (C=O) groups is 3. The molecule has 7 nitrogen and oxygen atoms in total. The number of hydrogen-bond acceptors (Lipinski definition) is 7. The number of halogens is 2. The van der Waals surface area contributed by atoms with E-state index in [0.29, 0.717) is 33.2 Å². The van der Waals surface area contributed by atoms with Crippen molar-refractivity contribution in [2.24, 2.45) is 0 Å². The molecule has 0 bridgehead atoms. The Bertz CT molecular complexity index is 1300. The lowest BCUT2D eigenvalue weighted by atomic mass is 10.2. The average molecular weight is 563 g/mol. The van der Waals surface area contributed by atoms with Crippen LogP contribution in [0, 0.1) is 0 Å². The molecule has 1 saturated heterocycles. The lowest BCUT2D eigenvalue weighted by Crippen LogP contribution is -2.27. The van der Waals surface area contributed by atoms with Gasteiger partial charge in [-0.25, -0.2) is 4.79 Å². The summed E-state index contributed by atoms with van der Waals surface area (Å²) in [5, 5.41) is 0.202. The lowest BCUT2D eigenvalue weighted by Gasteiger charge is -2.10. The van der Waals surface area contributed by atoms with Crippen LogP contribution >= 0.6 is 39.3 Å². The van der Waals surface area contributed by atoms with Gasteiger partial charge in [0.15, 0.2) is 0 Å². The molecule has 10 heteroatoms. The highest BCUT2D eigenvalue weighted by Crippen LogP contribution is 2.35. The summed E-state index contributed by atoms with van der Waals surface area (Å²) in [5.74, 6) is -0.163. The average Bonchev–Trinajstić information content (AvgIpc) is 3.39. The monoisotopic (exact) mass is 561 g/mol. The summed E-state index contributed by atoms with van der Waals surface area (Å²) in [4.78, 5) is 38.1. The summed E-state index contributed by atoms with van der Waals surface area (Å²) < 4.78 is 16.5. The number of rotatable bonds is 7. The molecule has 4 rings (SSSR count). The van der Waals surface area contributed by atoms with Gasteiger partial charge in [-0.05, 0) is 69.7 Å². The molecule has 2 heterocycles. The van der Waals surface area contributed by atoms with Crippen LogP contribution in [-0.4, -0.2) is 29.1 Å². The maximum Gasteiger partial charge on any atom is 0.373 e. The number of carbonyl (C=O) groups excluding carboxylic acids is 3. The van der Waals surface area contributed by atoms with Crippen LogP contribution in [0.5, 0.6) is 5.75 Å². The molecule has 3 aromatic rings. The number of benzene rings is 2. The van der Waals surface area contributed by atoms with Gasteiger partial charge in [0.05, 0.1) is 23.0 Å². The lowest BCUT2D eigenvalue weighted by molar-refractivity contribution is -0.123. The standard InChI is InChI=1S/C24H17BrClNO6S/c1-31-23(29)20-9-7-16(33-20)12-27-22(28)21(34-24(27)30)11-14-6-8-19(17(25)10-14)32-13-15-4-2-3-5-18(15)26/h2-11H,12-13H2,1H3/b21-11+. The summed E-state index contributed by atoms with van der Waals surface area (Å²) in [5.41, 5.74) is 1.58. The molecule has 2 aromatic carbocycles. The molecule has 1 aromatic heterocycles. The number of imide groups is 1. The molecule has 0 N–H and O–H groups in total. The Morgan fingerprint density at radius 3 is 2.71 bits per heavy atom. The number of furan rings is 1. The van der Waals surface area contributed by atoms with E-state index in [0.717, 1.165) is 22.2 Å². The minimum absolute atomic E-state index is 0.00158. The first-order valence-corrected chi connectivity index (χ1v) is 11.9. The molecule has 0 saturated carbocycles. The van der Waals surface area contributed by atoms with Crippen molar-refractivity contribution in [2.45, 2.75) is 13.2 Å². The van der Waals surface area contributed by atoms with Crippen molar-refractivity contribution in [3.05, 3.63) is 91.6 Å². The summed E-state index contributed by atoms with van der Waals surface area (Å²) >= 11 is 10.5. The highest BCUT2D eigenvalue weighted by Gasteiger charge is 2.35. The summed E-state index contributed by atoms with van der Waals surface area (Å²) in [6, 6.07) is 15.7. The van der Waals surface area contributed by atoms with Gasteiger partial charge in [-0.2, -0.15) is 0 Å².